The maximum atomic E-state index is 16.0. The number of nitrogens with zero attached hydrogens (tertiary/aromatic N) is 5. The monoisotopic (exact) mass is 510 g/mol. The summed E-state index contributed by atoms with van der Waals surface area (Å²) < 4.78 is 29.4. The molecule has 188 valence electrons. The number of pyridine rings is 3. The van der Waals surface area contributed by atoms with Crippen molar-refractivity contribution < 1.29 is 13.6 Å². The average Bonchev–Trinajstić information content (AvgIpc) is 3.54. The van der Waals surface area contributed by atoms with Gasteiger partial charge in [0.2, 0.25) is 5.91 Å². The van der Waals surface area contributed by atoms with E-state index in [0.717, 1.165) is 11.1 Å². The molecule has 0 aliphatic rings. The van der Waals surface area contributed by atoms with E-state index in [-0.39, 0.29) is 39.9 Å². The van der Waals surface area contributed by atoms with Gasteiger partial charge in [-0.25, -0.2) is 23.7 Å². The molecule has 0 aliphatic carbocycles. The summed E-state index contributed by atoms with van der Waals surface area (Å²) in [6.45, 7) is 3.56. The van der Waals surface area contributed by atoms with Crippen LogP contribution in [-0.4, -0.2) is 41.0 Å². The van der Waals surface area contributed by atoms with Gasteiger partial charge in [0.25, 0.3) is 0 Å². The zero-order valence-electron chi connectivity index (χ0n) is 20.3. The molecule has 0 unspecified atom stereocenters. The number of rotatable bonds is 5. The molecule has 0 saturated heterocycles. The van der Waals surface area contributed by atoms with Crippen LogP contribution in [0.1, 0.15) is 13.8 Å². The Morgan fingerprint density at radius 1 is 0.947 bits per heavy atom. The summed E-state index contributed by atoms with van der Waals surface area (Å²) in [7, 11) is 0. The maximum Gasteiger partial charge on any atom is 0.226 e. The number of H-pyrrole nitrogens is 2. The molecular weight excluding hydrogens is 490 g/mol. The smallest absolute Gasteiger partial charge is 0.226 e. The van der Waals surface area contributed by atoms with E-state index >= 15 is 4.39 Å². The molecule has 0 saturated carbocycles. The topological polar surface area (TPSA) is 125 Å². The summed E-state index contributed by atoms with van der Waals surface area (Å²) >= 11 is 0. The van der Waals surface area contributed by atoms with Gasteiger partial charge in [-0.15, -0.1) is 0 Å². The third kappa shape index (κ3) is 4.03. The van der Waals surface area contributed by atoms with Crippen molar-refractivity contribution >= 4 is 33.8 Å². The number of carbonyl (C=O) groups excluding carboxylic acids is 1. The molecule has 6 aromatic rings. The molecule has 1 amide bonds. The first-order valence-corrected chi connectivity index (χ1v) is 11.8. The van der Waals surface area contributed by atoms with E-state index < -0.39 is 5.82 Å². The van der Waals surface area contributed by atoms with Crippen LogP contribution in [-0.2, 0) is 4.79 Å². The predicted octanol–water partition coefficient (Wildman–Crippen LogP) is 5.50. The second-order valence-electron chi connectivity index (χ2n) is 9.04. The minimum atomic E-state index is -0.569. The Hall–Kier alpha value is -5.06. The molecule has 0 atom stereocenters. The Balaban J connectivity index is 1.45. The highest BCUT2D eigenvalue weighted by atomic mass is 19.1. The van der Waals surface area contributed by atoms with Crippen LogP contribution in [0.4, 0.5) is 14.5 Å². The fourth-order valence-corrected chi connectivity index (χ4v) is 4.15. The van der Waals surface area contributed by atoms with E-state index in [2.05, 4.69) is 40.4 Å². The molecule has 5 heterocycles. The van der Waals surface area contributed by atoms with Crippen LogP contribution in [0.5, 0.6) is 0 Å². The predicted molar refractivity (Wildman–Crippen MR) is 139 cm³/mol. The number of halogens is 2. The van der Waals surface area contributed by atoms with Gasteiger partial charge in [0.1, 0.15) is 22.8 Å². The fraction of sp³-hybridized carbons (Fsp3) is 0.111. The van der Waals surface area contributed by atoms with Gasteiger partial charge >= 0.3 is 0 Å². The van der Waals surface area contributed by atoms with Crippen molar-refractivity contribution in [1.82, 2.24) is 35.1 Å². The Kier molecular flexibility index (Phi) is 5.60. The molecule has 0 aliphatic heterocycles. The van der Waals surface area contributed by atoms with Crippen molar-refractivity contribution in [2.45, 2.75) is 13.8 Å². The van der Waals surface area contributed by atoms with Crippen LogP contribution in [0.3, 0.4) is 0 Å². The molecule has 0 fully saturated rings. The fourth-order valence-electron chi connectivity index (χ4n) is 4.15. The number of amides is 1. The van der Waals surface area contributed by atoms with Gasteiger partial charge in [-0.2, -0.15) is 5.10 Å². The molecular formula is C27H20F2N8O. The van der Waals surface area contributed by atoms with Crippen LogP contribution in [0.2, 0.25) is 0 Å². The average molecular weight is 511 g/mol. The van der Waals surface area contributed by atoms with E-state index in [0.29, 0.717) is 28.2 Å². The Morgan fingerprint density at radius 3 is 2.55 bits per heavy atom. The Morgan fingerprint density at radius 2 is 1.76 bits per heavy atom. The number of imidazole rings is 1. The third-order valence-electron chi connectivity index (χ3n) is 6.13. The number of aromatic amines is 2. The minimum Gasteiger partial charge on any atom is -0.324 e. The summed E-state index contributed by atoms with van der Waals surface area (Å²) in [5.74, 6) is -1.01. The number of fused-ring (bicyclic) bond motifs is 2. The Labute approximate surface area is 214 Å². The normalized spacial score (nSPS) is 11.5. The second kappa shape index (κ2) is 9.11. The van der Waals surface area contributed by atoms with Gasteiger partial charge in [0.05, 0.1) is 17.3 Å². The number of hydrogen-bond donors (Lipinski definition) is 3. The standard InChI is InChI=1S/C27H20F2N8O/c1-13(2)27(38)33-17-9-15(10-30-11-17)19-12-32-24-20(21(19)29)23(36-37-24)26-34-22-18(7-8-31-25(22)35-26)14-3-5-16(28)6-4-14/h3-13H,1-2H3,(H,33,38)(H,31,34,35)(H,32,36,37). The summed E-state index contributed by atoms with van der Waals surface area (Å²) in [6.07, 6.45) is 6.00. The lowest BCUT2D eigenvalue weighted by atomic mass is 10.1. The number of carbonyl (C=O) groups is 1. The molecule has 6 rings (SSSR count). The third-order valence-corrected chi connectivity index (χ3v) is 6.13. The summed E-state index contributed by atoms with van der Waals surface area (Å²) in [6, 6.07) is 9.47. The minimum absolute atomic E-state index is 0.140. The molecule has 9 nitrogen and oxygen atoms in total. The quantitative estimate of drug-likeness (QED) is 0.281. The van der Waals surface area contributed by atoms with E-state index in [1.807, 2.05) is 0 Å². The first-order valence-electron chi connectivity index (χ1n) is 11.8. The van der Waals surface area contributed by atoms with E-state index in [1.165, 1.54) is 30.7 Å². The lowest BCUT2D eigenvalue weighted by molar-refractivity contribution is -0.118. The molecule has 0 bridgehead atoms. The molecule has 38 heavy (non-hydrogen) atoms. The van der Waals surface area contributed by atoms with Gasteiger partial charge < -0.3 is 10.3 Å². The zero-order chi connectivity index (χ0) is 26.4. The van der Waals surface area contributed by atoms with Crippen molar-refractivity contribution in [2.75, 3.05) is 5.32 Å². The van der Waals surface area contributed by atoms with E-state index in [9.17, 15) is 9.18 Å². The molecule has 0 spiro atoms. The Bertz CT molecular complexity index is 1830. The van der Waals surface area contributed by atoms with Gasteiger partial charge in [0, 0.05) is 41.2 Å². The van der Waals surface area contributed by atoms with Gasteiger partial charge in [0.15, 0.2) is 17.1 Å². The van der Waals surface area contributed by atoms with E-state index in [4.69, 9.17) is 0 Å². The molecule has 1 aromatic carbocycles. The van der Waals surface area contributed by atoms with Crippen molar-refractivity contribution in [3.63, 3.8) is 0 Å². The van der Waals surface area contributed by atoms with Crippen LogP contribution in [0.25, 0.3) is 56.0 Å². The summed E-state index contributed by atoms with van der Waals surface area (Å²) in [4.78, 5) is 32.7. The van der Waals surface area contributed by atoms with E-state index in [1.54, 1.807) is 44.3 Å². The lowest BCUT2D eigenvalue weighted by Gasteiger charge is -2.09. The number of anilines is 1. The molecule has 11 heteroatoms. The number of hydrogen-bond acceptors (Lipinski definition) is 6. The maximum absolute atomic E-state index is 16.0. The number of nitrogens with one attached hydrogen (secondary N) is 3. The first-order chi connectivity index (χ1) is 18.4. The highest BCUT2D eigenvalue weighted by Gasteiger charge is 2.22. The summed E-state index contributed by atoms with van der Waals surface area (Å²) in [5, 5.41) is 9.94. The van der Waals surface area contributed by atoms with Gasteiger partial charge in [-0.05, 0) is 29.8 Å². The highest BCUT2D eigenvalue weighted by Crippen LogP contribution is 2.34. The van der Waals surface area contributed by atoms with Gasteiger partial charge in [-0.3, -0.25) is 14.9 Å². The first kappa shape index (κ1) is 23.3. The second-order valence-corrected chi connectivity index (χ2v) is 9.04. The highest BCUT2D eigenvalue weighted by molar-refractivity contribution is 5.97. The van der Waals surface area contributed by atoms with Crippen LogP contribution in [0, 0.1) is 17.6 Å². The van der Waals surface area contributed by atoms with Crippen molar-refractivity contribution in [3.8, 4) is 33.8 Å². The van der Waals surface area contributed by atoms with Crippen LogP contribution >= 0.6 is 0 Å². The van der Waals surface area contributed by atoms with Crippen LogP contribution < -0.4 is 5.32 Å². The number of aromatic nitrogens is 7. The van der Waals surface area contributed by atoms with Crippen molar-refractivity contribution in [2.24, 2.45) is 5.92 Å². The number of benzene rings is 1. The molecule has 3 N–H and O–H groups in total. The summed E-state index contributed by atoms with van der Waals surface area (Å²) in [5.41, 5.74) is 4.05. The SMILES string of the molecule is CC(C)C(=O)Nc1cncc(-c2cnc3[nH]nc(-c4nc5c(-c6ccc(F)cc6)ccnc5[nH]4)c3c2F)c1. The molecule has 5 aromatic heterocycles. The molecule has 0 radical (unpaired) electrons. The van der Waals surface area contributed by atoms with Crippen LogP contribution in [0.15, 0.2) is 61.2 Å². The van der Waals surface area contributed by atoms with Gasteiger partial charge in [-0.1, -0.05) is 26.0 Å². The van der Waals surface area contributed by atoms with Crippen molar-refractivity contribution in [1.29, 1.82) is 0 Å². The van der Waals surface area contributed by atoms with Crippen molar-refractivity contribution in [3.05, 3.63) is 72.8 Å². The lowest BCUT2D eigenvalue weighted by Crippen LogP contribution is -2.17. The zero-order valence-corrected chi connectivity index (χ0v) is 20.3. The largest absolute Gasteiger partial charge is 0.324 e.